The van der Waals surface area contributed by atoms with Crippen molar-refractivity contribution in [3.8, 4) is 11.5 Å². The lowest BCUT2D eigenvalue weighted by atomic mass is 10.2. The zero-order chi connectivity index (χ0) is 17.8. The second-order valence-electron chi connectivity index (χ2n) is 5.49. The van der Waals surface area contributed by atoms with Crippen LogP contribution in [0.1, 0.15) is 6.92 Å². The van der Waals surface area contributed by atoms with Gasteiger partial charge in [0.15, 0.2) is 11.5 Å². The second kappa shape index (κ2) is 7.44. The van der Waals surface area contributed by atoms with E-state index in [0.29, 0.717) is 41.1 Å². The molecule has 0 saturated carbocycles. The third-order valence-corrected chi connectivity index (χ3v) is 3.86. The summed E-state index contributed by atoms with van der Waals surface area (Å²) in [5, 5.41) is 3.25. The number of hydrogen-bond acceptors (Lipinski definition) is 4. The molecular weight excluding hydrogens is 344 g/mol. The Balaban J connectivity index is 1.75. The van der Waals surface area contributed by atoms with Gasteiger partial charge in [0, 0.05) is 29.4 Å². The zero-order valence-corrected chi connectivity index (χ0v) is 14.4. The fourth-order valence-electron chi connectivity index (χ4n) is 2.49. The molecule has 0 spiro atoms. The molecule has 2 amide bonds. The van der Waals surface area contributed by atoms with Crippen LogP contribution < -0.4 is 19.7 Å². The van der Waals surface area contributed by atoms with Crippen LogP contribution in [0.4, 0.5) is 11.4 Å². The van der Waals surface area contributed by atoms with Gasteiger partial charge in [0.1, 0.15) is 19.8 Å². The van der Waals surface area contributed by atoms with Gasteiger partial charge in [-0.05, 0) is 30.3 Å². The van der Waals surface area contributed by atoms with Gasteiger partial charge in [-0.15, -0.1) is 0 Å². The Kier molecular flexibility index (Phi) is 5.09. The van der Waals surface area contributed by atoms with Crippen molar-refractivity contribution in [2.24, 2.45) is 0 Å². The van der Waals surface area contributed by atoms with Crippen molar-refractivity contribution >= 4 is 34.8 Å². The molecule has 3 rings (SSSR count). The molecule has 0 aromatic heterocycles. The summed E-state index contributed by atoms with van der Waals surface area (Å²) in [6, 6.07) is 12.0. The zero-order valence-electron chi connectivity index (χ0n) is 13.6. The maximum absolute atomic E-state index is 12.3. The van der Waals surface area contributed by atoms with Crippen LogP contribution in [0.5, 0.6) is 11.5 Å². The maximum Gasteiger partial charge on any atom is 0.244 e. The molecule has 0 radical (unpaired) electrons. The fourth-order valence-corrected chi connectivity index (χ4v) is 2.69. The van der Waals surface area contributed by atoms with E-state index in [9.17, 15) is 9.59 Å². The van der Waals surface area contributed by atoms with Crippen molar-refractivity contribution < 1.29 is 19.1 Å². The largest absolute Gasteiger partial charge is 0.486 e. The SMILES string of the molecule is CC(=O)N(CC(=O)Nc1cccc(Cl)c1)c1ccc2c(c1)OCCO2. The van der Waals surface area contributed by atoms with Crippen LogP contribution in [0.25, 0.3) is 0 Å². The highest BCUT2D eigenvalue weighted by atomic mass is 35.5. The van der Waals surface area contributed by atoms with Gasteiger partial charge >= 0.3 is 0 Å². The summed E-state index contributed by atoms with van der Waals surface area (Å²) in [6.45, 7) is 2.22. The van der Waals surface area contributed by atoms with Crippen LogP contribution in [0, 0.1) is 0 Å². The normalized spacial score (nSPS) is 12.4. The third kappa shape index (κ3) is 4.22. The molecule has 130 valence electrons. The first kappa shape index (κ1) is 17.1. The number of halogens is 1. The number of carbonyl (C=O) groups is 2. The first-order valence-electron chi connectivity index (χ1n) is 7.76. The third-order valence-electron chi connectivity index (χ3n) is 3.63. The summed E-state index contributed by atoms with van der Waals surface area (Å²) in [6.07, 6.45) is 0. The van der Waals surface area contributed by atoms with Gasteiger partial charge in [-0.1, -0.05) is 17.7 Å². The van der Waals surface area contributed by atoms with Crippen molar-refractivity contribution in [1.82, 2.24) is 0 Å². The molecule has 2 aromatic carbocycles. The summed E-state index contributed by atoms with van der Waals surface area (Å²) in [5.74, 6) is 0.609. The molecule has 25 heavy (non-hydrogen) atoms. The molecule has 2 aromatic rings. The van der Waals surface area contributed by atoms with Crippen LogP contribution in [-0.4, -0.2) is 31.6 Å². The van der Waals surface area contributed by atoms with Crippen molar-refractivity contribution in [3.05, 3.63) is 47.5 Å². The van der Waals surface area contributed by atoms with Gasteiger partial charge < -0.3 is 19.7 Å². The van der Waals surface area contributed by atoms with Gasteiger partial charge in [-0.2, -0.15) is 0 Å². The smallest absolute Gasteiger partial charge is 0.244 e. The molecule has 0 unspecified atom stereocenters. The van der Waals surface area contributed by atoms with E-state index in [0.717, 1.165) is 0 Å². The summed E-state index contributed by atoms with van der Waals surface area (Å²) in [5.41, 5.74) is 1.14. The summed E-state index contributed by atoms with van der Waals surface area (Å²) in [7, 11) is 0. The molecule has 0 saturated heterocycles. The number of fused-ring (bicyclic) bond motifs is 1. The summed E-state index contributed by atoms with van der Waals surface area (Å²) >= 11 is 5.91. The van der Waals surface area contributed by atoms with E-state index in [1.54, 1.807) is 42.5 Å². The average molecular weight is 361 g/mol. The van der Waals surface area contributed by atoms with E-state index >= 15 is 0 Å². The molecule has 1 aliphatic rings. The van der Waals surface area contributed by atoms with Crippen molar-refractivity contribution in [2.45, 2.75) is 6.92 Å². The van der Waals surface area contributed by atoms with Crippen LogP contribution in [0.15, 0.2) is 42.5 Å². The lowest BCUT2D eigenvalue weighted by molar-refractivity contribution is -0.120. The number of nitrogens with one attached hydrogen (secondary N) is 1. The maximum atomic E-state index is 12.3. The number of carbonyl (C=O) groups excluding carboxylic acids is 2. The molecule has 0 atom stereocenters. The van der Waals surface area contributed by atoms with Crippen LogP contribution in [-0.2, 0) is 9.59 Å². The Morgan fingerprint density at radius 3 is 2.60 bits per heavy atom. The topological polar surface area (TPSA) is 67.9 Å². The number of hydrogen-bond donors (Lipinski definition) is 1. The minimum absolute atomic E-state index is 0.124. The highest BCUT2D eigenvalue weighted by molar-refractivity contribution is 6.30. The number of rotatable bonds is 4. The first-order chi connectivity index (χ1) is 12.0. The van der Waals surface area contributed by atoms with Crippen LogP contribution in [0.3, 0.4) is 0 Å². The molecule has 1 heterocycles. The number of benzene rings is 2. The van der Waals surface area contributed by atoms with E-state index in [4.69, 9.17) is 21.1 Å². The predicted octanol–water partition coefficient (Wildman–Crippen LogP) is 3.10. The van der Waals surface area contributed by atoms with Crippen LogP contribution in [0.2, 0.25) is 5.02 Å². The predicted molar refractivity (Wildman–Crippen MR) is 95.5 cm³/mol. The van der Waals surface area contributed by atoms with E-state index < -0.39 is 0 Å². The Morgan fingerprint density at radius 1 is 1.12 bits per heavy atom. The van der Waals surface area contributed by atoms with E-state index in [2.05, 4.69) is 5.32 Å². The first-order valence-corrected chi connectivity index (χ1v) is 8.14. The van der Waals surface area contributed by atoms with E-state index in [-0.39, 0.29) is 18.4 Å². The standard InChI is InChI=1S/C18H17ClN2O4/c1-12(22)21(11-18(23)20-14-4-2-3-13(19)9-14)15-5-6-16-17(10-15)25-8-7-24-16/h2-6,9-10H,7-8,11H2,1H3,(H,20,23). The Bertz CT molecular complexity index is 809. The Labute approximate surface area is 150 Å². The minimum Gasteiger partial charge on any atom is -0.486 e. The van der Waals surface area contributed by atoms with Crippen molar-refractivity contribution in [3.63, 3.8) is 0 Å². The molecule has 0 aliphatic carbocycles. The Hall–Kier alpha value is -2.73. The molecular formula is C18H17ClN2O4. The monoisotopic (exact) mass is 360 g/mol. The van der Waals surface area contributed by atoms with Gasteiger partial charge in [0.2, 0.25) is 11.8 Å². The number of ether oxygens (including phenoxy) is 2. The summed E-state index contributed by atoms with van der Waals surface area (Å²) in [4.78, 5) is 25.7. The van der Waals surface area contributed by atoms with E-state index in [1.165, 1.54) is 11.8 Å². The quantitative estimate of drug-likeness (QED) is 0.909. The molecule has 7 heteroatoms. The number of anilines is 2. The minimum atomic E-state index is -0.327. The summed E-state index contributed by atoms with van der Waals surface area (Å²) < 4.78 is 11.0. The lowest BCUT2D eigenvalue weighted by Gasteiger charge is -2.24. The number of nitrogens with zero attached hydrogens (tertiary/aromatic N) is 1. The highest BCUT2D eigenvalue weighted by Gasteiger charge is 2.19. The van der Waals surface area contributed by atoms with E-state index in [1.807, 2.05) is 0 Å². The van der Waals surface area contributed by atoms with Gasteiger partial charge in [0.25, 0.3) is 0 Å². The molecule has 6 nitrogen and oxygen atoms in total. The van der Waals surface area contributed by atoms with Gasteiger partial charge in [-0.25, -0.2) is 0 Å². The average Bonchev–Trinajstić information content (AvgIpc) is 2.59. The highest BCUT2D eigenvalue weighted by Crippen LogP contribution is 2.34. The molecule has 0 fully saturated rings. The van der Waals surface area contributed by atoms with Crippen LogP contribution >= 0.6 is 11.6 Å². The fraction of sp³-hybridized carbons (Fsp3) is 0.222. The van der Waals surface area contributed by atoms with Gasteiger partial charge in [-0.3, -0.25) is 9.59 Å². The lowest BCUT2D eigenvalue weighted by Crippen LogP contribution is -2.36. The molecule has 0 bridgehead atoms. The molecule has 1 aliphatic heterocycles. The van der Waals surface area contributed by atoms with Crippen molar-refractivity contribution in [1.29, 1.82) is 0 Å². The number of amides is 2. The Morgan fingerprint density at radius 2 is 1.88 bits per heavy atom. The second-order valence-corrected chi connectivity index (χ2v) is 5.93. The molecule has 1 N–H and O–H groups in total. The van der Waals surface area contributed by atoms with Crippen molar-refractivity contribution in [2.75, 3.05) is 30.0 Å². The van der Waals surface area contributed by atoms with Gasteiger partial charge in [0.05, 0.1) is 0 Å².